The molecule has 0 radical (unpaired) electrons. The largest absolute Gasteiger partial charge is 0.335 e. The third kappa shape index (κ3) is 2.53. The van der Waals surface area contributed by atoms with Crippen molar-refractivity contribution in [1.82, 2.24) is 9.80 Å². The van der Waals surface area contributed by atoms with E-state index < -0.39 is 0 Å². The van der Waals surface area contributed by atoms with Crippen LogP contribution in [0.5, 0.6) is 0 Å². The van der Waals surface area contributed by atoms with Gasteiger partial charge in [-0.3, -0.25) is 4.79 Å². The van der Waals surface area contributed by atoms with Crippen LogP contribution in [-0.2, 0) is 0 Å². The van der Waals surface area contributed by atoms with E-state index in [1.54, 1.807) is 0 Å². The minimum atomic E-state index is 0.120. The smallest absolute Gasteiger partial charge is 0.255 e. The molecule has 0 saturated carbocycles. The van der Waals surface area contributed by atoms with Gasteiger partial charge in [0.2, 0.25) is 0 Å². The van der Waals surface area contributed by atoms with E-state index in [-0.39, 0.29) is 5.91 Å². The summed E-state index contributed by atoms with van der Waals surface area (Å²) in [6.45, 7) is 3.67. The lowest BCUT2D eigenvalue weighted by molar-refractivity contribution is 0.0398. The number of likely N-dealkylation sites (N-methyl/N-ethyl adjacent to an activating group) is 1. The number of halogens is 1. The van der Waals surface area contributed by atoms with E-state index in [4.69, 9.17) is 0 Å². The summed E-state index contributed by atoms with van der Waals surface area (Å²) in [5, 5.41) is 0. The molecule has 2 rings (SSSR count). The summed E-state index contributed by atoms with van der Waals surface area (Å²) in [4.78, 5) is 16.3. The highest BCUT2D eigenvalue weighted by Gasteiger charge is 2.32. The van der Waals surface area contributed by atoms with Gasteiger partial charge in [0.1, 0.15) is 0 Å². The van der Waals surface area contributed by atoms with E-state index in [9.17, 15) is 4.79 Å². The average molecular weight is 297 g/mol. The van der Waals surface area contributed by atoms with Crippen molar-refractivity contribution in [2.24, 2.45) is 0 Å². The lowest BCUT2D eigenvalue weighted by Gasteiger charge is -2.42. The Labute approximate surface area is 111 Å². The second-order valence-corrected chi connectivity index (χ2v) is 5.67. The van der Waals surface area contributed by atoms with Crippen molar-refractivity contribution in [2.75, 3.05) is 27.2 Å². The van der Waals surface area contributed by atoms with Gasteiger partial charge in [0.05, 0.1) is 5.56 Å². The molecule has 0 spiro atoms. The van der Waals surface area contributed by atoms with Gasteiger partial charge in [0.15, 0.2) is 0 Å². The van der Waals surface area contributed by atoms with E-state index in [0.717, 1.165) is 28.7 Å². The zero-order valence-corrected chi connectivity index (χ0v) is 12.0. The second-order valence-electron chi connectivity index (χ2n) is 4.81. The van der Waals surface area contributed by atoms with Crippen LogP contribution in [0, 0.1) is 6.92 Å². The molecule has 1 fully saturated rings. The third-order valence-corrected chi connectivity index (χ3v) is 3.89. The van der Waals surface area contributed by atoms with Crippen LogP contribution in [0.25, 0.3) is 0 Å². The van der Waals surface area contributed by atoms with Crippen LogP contribution in [-0.4, -0.2) is 48.9 Å². The van der Waals surface area contributed by atoms with Crippen LogP contribution >= 0.6 is 15.9 Å². The molecule has 1 aromatic carbocycles. The van der Waals surface area contributed by atoms with Gasteiger partial charge in [-0.15, -0.1) is 0 Å². The maximum atomic E-state index is 12.2. The number of nitrogens with zero attached hydrogens (tertiary/aromatic N) is 2. The van der Waals surface area contributed by atoms with Crippen molar-refractivity contribution in [1.29, 1.82) is 0 Å². The number of hydrogen-bond donors (Lipinski definition) is 0. The van der Waals surface area contributed by atoms with Crippen LogP contribution in [0.3, 0.4) is 0 Å². The van der Waals surface area contributed by atoms with Crippen LogP contribution in [0.15, 0.2) is 22.7 Å². The monoisotopic (exact) mass is 296 g/mol. The molecular formula is C13H17BrN2O. The maximum Gasteiger partial charge on any atom is 0.255 e. The van der Waals surface area contributed by atoms with Crippen LogP contribution in [0.4, 0.5) is 0 Å². The summed E-state index contributed by atoms with van der Waals surface area (Å²) < 4.78 is 0.885. The van der Waals surface area contributed by atoms with Crippen molar-refractivity contribution in [2.45, 2.75) is 13.0 Å². The van der Waals surface area contributed by atoms with E-state index >= 15 is 0 Å². The summed E-state index contributed by atoms with van der Waals surface area (Å²) in [5.41, 5.74) is 1.91. The van der Waals surface area contributed by atoms with Crippen molar-refractivity contribution in [3.05, 3.63) is 33.8 Å². The molecule has 0 aliphatic carbocycles. The van der Waals surface area contributed by atoms with Gasteiger partial charge >= 0.3 is 0 Å². The molecule has 0 bridgehead atoms. The van der Waals surface area contributed by atoms with Gasteiger partial charge in [-0.25, -0.2) is 0 Å². The lowest BCUT2D eigenvalue weighted by atomic mass is 10.1. The first kappa shape index (κ1) is 12.6. The molecule has 17 heavy (non-hydrogen) atoms. The number of rotatable bonds is 2. The molecule has 0 unspecified atom stereocenters. The molecule has 0 aromatic heterocycles. The standard InChI is InChI=1S/C13H17BrN2O/c1-9-4-5-11(12(14)6-9)13(17)16-7-10(8-16)15(2)3/h4-6,10H,7-8H2,1-3H3. The summed E-state index contributed by atoms with van der Waals surface area (Å²) in [7, 11) is 4.10. The Morgan fingerprint density at radius 1 is 1.41 bits per heavy atom. The number of amides is 1. The Kier molecular flexibility index (Phi) is 3.54. The summed E-state index contributed by atoms with van der Waals surface area (Å²) >= 11 is 3.46. The Morgan fingerprint density at radius 3 is 2.59 bits per heavy atom. The Bertz CT molecular complexity index is 439. The number of hydrogen-bond acceptors (Lipinski definition) is 2. The van der Waals surface area contributed by atoms with E-state index in [1.165, 1.54) is 0 Å². The van der Waals surface area contributed by atoms with Crippen molar-refractivity contribution < 1.29 is 4.79 Å². The van der Waals surface area contributed by atoms with Crippen molar-refractivity contribution in [3.63, 3.8) is 0 Å². The molecule has 1 aliphatic heterocycles. The van der Waals surface area contributed by atoms with Gasteiger partial charge in [-0.1, -0.05) is 6.07 Å². The lowest BCUT2D eigenvalue weighted by Crippen LogP contribution is -2.59. The summed E-state index contributed by atoms with van der Waals surface area (Å²) in [6.07, 6.45) is 0. The molecule has 3 nitrogen and oxygen atoms in total. The number of carbonyl (C=O) groups excluding carboxylic acids is 1. The molecular weight excluding hydrogens is 280 g/mol. The first-order chi connectivity index (χ1) is 7.99. The number of carbonyl (C=O) groups is 1. The van der Waals surface area contributed by atoms with Crippen molar-refractivity contribution >= 4 is 21.8 Å². The first-order valence-corrected chi connectivity index (χ1v) is 6.50. The first-order valence-electron chi connectivity index (χ1n) is 5.71. The fourth-order valence-corrected chi connectivity index (χ4v) is 2.57. The molecule has 1 saturated heterocycles. The van der Waals surface area contributed by atoms with E-state index in [1.807, 2.05) is 44.1 Å². The number of likely N-dealkylation sites (tertiary alicyclic amines) is 1. The fourth-order valence-electron chi connectivity index (χ4n) is 1.91. The van der Waals surface area contributed by atoms with E-state index in [2.05, 4.69) is 20.8 Å². The predicted octanol–water partition coefficient (Wildman–Crippen LogP) is 2.14. The van der Waals surface area contributed by atoms with Crippen LogP contribution in [0.1, 0.15) is 15.9 Å². The van der Waals surface area contributed by atoms with Crippen molar-refractivity contribution in [3.8, 4) is 0 Å². The number of aryl methyl sites for hydroxylation is 1. The molecule has 1 aromatic rings. The topological polar surface area (TPSA) is 23.6 Å². The highest BCUT2D eigenvalue weighted by atomic mass is 79.9. The fraction of sp³-hybridized carbons (Fsp3) is 0.462. The zero-order valence-electron chi connectivity index (χ0n) is 10.4. The minimum absolute atomic E-state index is 0.120. The van der Waals surface area contributed by atoms with E-state index in [0.29, 0.717) is 6.04 Å². The third-order valence-electron chi connectivity index (χ3n) is 3.23. The van der Waals surface area contributed by atoms with Gasteiger partial charge in [0.25, 0.3) is 5.91 Å². The Hall–Kier alpha value is -0.870. The highest BCUT2D eigenvalue weighted by Crippen LogP contribution is 2.23. The zero-order chi connectivity index (χ0) is 12.6. The molecule has 92 valence electrons. The maximum absolute atomic E-state index is 12.2. The Balaban J connectivity index is 2.07. The SMILES string of the molecule is Cc1ccc(C(=O)N2CC(N(C)C)C2)c(Br)c1. The Morgan fingerprint density at radius 2 is 2.06 bits per heavy atom. The summed E-state index contributed by atoms with van der Waals surface area (Å²) in [5.74, 6) is 0.120. The quantitative estimate of drug-likeness (QED) is 0.835. The van der Waals surface area contributed by atoms with Gasteiger partial charge < -0.3 is 9.80 Å². The summed E-state index contributed by atoms with van der Waals surface area (Å²) in [6, 6.07) is 6.35. The normalized spacial score (nSPS) is 16.2. The van der Waals surface area contributed by atoms with Gasteiger partial charge in [-0.05, 0) is 54.6 Å². The molecule has 0 N–H and O–H groups in total. The van der Waals surface area contributed by atoms with Crippen LogP contribution < -0.4 is 0 Å². The molecule has 0 atom stereocenters. The second kappa shape index (κ2) is 4.78. The van der Waals surface area contributed by atoms with Crippen LogP contribution in [0.2, 0.25) is 0 Å². The predicted molar refractivity (Wildman–Crippen MR) is 72.3 cm³/mol. The molecule has 1 aliphatic rings. The number of benzene rings is 1. The average Bonchev–Trinajstić information content (AvgIpc) is 2.13. The highest BCUT2D eigenvalue weighted by molar-refractivity contribution is 9.10. The minimum Gasteiger partial charge on any atom is -0.335 e. The molecule has 1 amide bonds. The molecule has 1 heterocycles. The van der Waals surface area contributed by atoms with Gasteiger partial charge in [-0.2, -0.15) is 0 Å². The molecule has 4 heteroatoms. The van der Waals surface area contributed by atoms with Gasteiger partial charge in [0, 0.05) is 23.6 Å².